The molecule has 0 atom stereocenters. The molecule has 14 heavy (non-hydrogen) atoms. The van der Waals surface area contributed by atoms with Crippen LogP contribution in [0.2, 0.25) is 0 Å². The number of aromatic nitrogens is 1. The lowest BCUT2D eigenvalue weighted by Crippen LogP contribution is -2.23. The summed E-state index contributed by atoms with van der Waals surface area (Å²) in [5.74, 6) is 0.206. The van der Waals surface area contributed by atoms with E-state index in [9.17, 15) is 18.0 Å². The summed E-state index contributed by atoms with van der Waals surface area (Å²) in [6.07, 6.45) is 1.11. The molecule has 0 fully saturated rings. The van der Waals surface area contributed by atoms with E-state index >= 15 is 0 Å². The van der Waals surface area contributed by atoms with Gasteiger partial charge in [-0.1, -0.05) is 5.92 Å². The molecule has 2 nitrogen and oxygen atoms in total. The molecule has 0 unspecified atom stereocenters. The Morgan fingerprint density at radius 1 is 1.43 bits per heavy atom. The van der Waals surface area contributed by atoms with Gasteiger partial charge >= 0.3 is 6.18 Å². The molecule has 72 valence electrons. The number of terminal acetylenes is 1. The molecule has 0 spiro atoms. The van der Waals surface area contributed by atoms with Crippen LogP contribution in [0.4, 0.5) is 13.2 Å². The smallest absolute Gasteiger partial charge is 0.282 e. The van der Waals surface area contributed by atoms with E-state index in [2.05, 4.69) is 10.9 Å². The monoisotopic (exact) mass is 199 g/mol. The highest BCUT2D eigenvalue weighted by atomic mass is 19.4. The Morgan fingerprint density at radius 3 is 2.43 bits per heavy atom. The number of Topliss-reactive ketones (excluding diaryl/α,β-unsaturated/α-hetero) is 1. The van der Waals surface area contributed by atoms with Gasteiger partial charge < -0.3 is 0 Å². The van der Waals surface area contributed by atoms with Crippen molar-refractivity contribution in [2.75, 3.05) is 0 Å². The molecular weight excluding hydrogens is 195 g/mol. The maximum absolute atomic E-state index is 11.9. The van der Waals surface area contributed by atoms with Crippen molar-refractivity contribution < 1.29 is 18.0 Å². The zero-order chi connectivity index (χ0) is 10.8. The predicted octanol–water partition coefficient (Wildman–Crippen LogP) is 1.81. The molecule has 0 amide bonds. The summed E-state index contributed by atoms with van der Waals surface area (Å²) in [4.78, 5) is 13.9. The zero-order valence-corrected chi connectivity index (χ0v) is 6.80. The van der Waals surface area contributed by atoms with E-state index in [1.54, 1.807) is 0 Å². The molecule has 0 aliphatic rings. The van der Waals surface area contributed by atoms with E-state index in [0.717, 1.165) is 12.3 Å². The van der Waals surface area contributed by atoms with E-state index in [1.165, 1.54) is 6.07 Å². The summed E-state index contributed by atoms with van der Waals surface area (Å²) in [5.41, 5.74) is -0.333. The number of rotatable bonds is 1. The fourth-order valence-electron chi connectivity index (χ4n) is 0.759. The molecule has 0 aliphatic carbocycles. The van der Waals surface area contributed by atoms with Crippen LogP contribution >= 0.6 is 0 Å². The van der Waals surface area contributed by atoms with Crippen molar-refractivity contribution in [2.45, 2.75) is 6.18 Å². The Morgan fingerprint density at radius 2 is 2.07 bits per heavy atom. The maximum Gasteiger partial charge on any atom is 0.456 e. The highest BCUT2D eigenvalue weighted by Gasteiger charge is 2.40. The number of nitrogens with zero attached hydrogens (tertiary/aromatic N) is 1. The minimum absolute atomic E-state index is 0.323. The third-order valence-corrected chi connectivity index (χ3v) is 1.42. The summed E-state index contributed by atoms with van der Waals surface area (Å²) in [7, 11) is 0. The van der Waals surface area contributed by atoms with Crippen LogP contribution < -0.4 is 0 Å². The Bertz CT molecular complexity index is 386. The van der Waals surface area contributed by atoms with Gasteiger partial charge in [-0.3, -0.25) is 9.78 Å². The number of carbonyl (C=O) groups excluding carboxylic acids is 1. The molecule has 0 radical (unpaired) electrons. The summed E-state index contributed by atoms with van der Waals surface area (Å²) < 4.78 is 35.7. The van der Waals surface area contributed by atoms with Crippen LogP contribution in [-0.2, 0) is 0 Å². The summed E-state index contributed by atoms with van der Waals surface area (Å²) in [5, 5.41) is 0. The number of carbonyl (C=O) groups is 1. The number of hydrogen-bond acceptors (Lipinski definition) is 2. The van der Waals surface area contributed by atoms with E-state index in [1.807, 2.05) is 0 Å². The quantitative estimate of drug-likeness (QED) is 0.510. The van der Waals surface area contributed by atoms with Gasteiger partial charge in [0.1, 0.15) is 5.69 Å². The molecule has 0 aliphatic heterocycles. The highest BCUT2D eigenvalue weighted by Crippen LogP contribution is 2.20. The van der Waals surface area contributed by atoms with Crippen molar-refractivity contribution in [3.05, 3.63) is 29.6 Å². The van der Waals surface area contributed by atoms with Crippen molar-refractivity contribution in [1.29, 1.82) is 0 Å². The minimum Gasteiger partial charge on any atom is -0.282 e. The number of ketones is 1. The van der Waals surface area contributed by atoms with Gasteiger partial charge in [-0.25, -0.2) is 0 Å². The first-order chi connectivity index (χ1) is 6.45. The molecule has 1 aromatic rings. The molecule has 5 heteroatoms. The summed E-state index contributed by atoms with van der Waals surface area (Å²) in [6, 6.07) is 2.18. The molecular formula is C9H4F3NO. The van der Waals surface area contributed by atoms with Gasteiger partial charge in [0.2, 0.25) is 0 Å². The van der Waals surface area contributed by atoms with Crippen LogP contribution in [0, 0.1) is 12.3 Å². The van der Waals surface area contributed by atoms with Gasteiger partial charge in [0.05, 0.1) is 0 Å². The maximum atomic E-state index is 11.9. The van der Waals surface area contributed by atoms with Crippen molar-refractivity contribution in [3.8, 4) is 12.3 Å². The van der Waals surface area contributed by atoms with E-state index in [-0.39, 0.29) is 0 Å². The van der Waals surface area contributed by atoms with E-state index in [0.29, 0.717) is 5.56 Å². The Labute approximate surface area is 77.8 Å². The van der Waals surface area contributed by atoms with E-state index in [4.69, 9.17) is 6.42 Å². The van der Waals surface area contributed by atoms with Crippen LogP contribution in [0.25, 0.3) is 0 Å². The van der Waals surface area contributed by atoms with Gasteiger partial charge in [0.15, 0.2) is 0 Å². The van der Waals surface area contributed by atoms with Crippen molar-refractivity contribution in [2.24, 2.45) is 0 Å². The van der Waals surface area contributed by atoms with Crippen LogP contribution in [-0.4, -0.2) is 16.9 Å². The predicted molar refractivity (Wildman–Crippen MR) is 42.6 cm³/mol. The second-order valence-electron chi connectivity index (χ2n) is 2.40. The lowest BCUT2D eigenvalue weighted by Gasteiger charge is -2.03. The molecule has 0 N–H and O–H groups in total. The van der Waals surface area contributed by atoms with Crippen LogP contribution in [0.3, 0.4) is 0 Å². The Balaban J connectivity index is 3.00. The fourth-order valence-corrected chi connectivity index (χ4v) is 0.759. The minimum atomic E-state index is -4.90. The van der Waals surface area contributed by atoms with Gasteiger partial charge in [0, 0.05) is 11.8 Å². The number of halogens is 3. The average molecular weight is 199 g/mol. The molecule has 0 saturated heterocycles. The van der Waals surface area contributed by atoms with Crippen molar-refractivity contribution in [1.82, 2.24) is 4.98 Å². The first kappa shape index (κ1) is 10.3. The summed E-state index contributed by atoms with van der Waals surface area (Å²) in [6.45, 7) is 0. The topological polar surface area (TPSA) is 30.0 Å². The van der Waals surface area contributed by atoms with Crippen LogP contribution in [0.1, 0.15) is 16.1 Å². The molecule has 1 heterocycles. The number of pyridine rings is 1. The SMILES string of the molecule is C#Cc1ccc(C(=O)C(F)(F)F)nc1. The Kier molecular flexibility index (Phi) is 2.56. The van der Waals surface area contributed by atoms with Crippen molar-refractivity contribution in [3.63, 3.8) is 0 Å². The molecule has 1 aromatic heterocycles. The zero-order valence-electron chi connectivity index (χ0n) is 6.80. The molecule has 0 bridgehead atoms. The third-order valence-electron chi connectivity index (χ3n) is 1.42. The first-order valence-electron chi connectivity index (χ1n) is 3.49. The highest BCUT2D eigenvalue weighted by molar-refractivity contribution is 5.98. The number of alkyl halides is 3. The lowest BCUT2D eigenvalue weighted by molar-refractivity contribution is -0.0888. The summed E-state index contributed by atoms with van der Waals surface area (Å²) >= 11 is 0. The second-order valence-corrected chi connectivity index (χ2v) is 2.40. The third kappa shape index (κ3) is 2.10. The van der Waals surface area contributed by atoms with E-state index < -0.39 is 17.7 Å². The molecule has 0 aromatic carbocycles. The average Bonchev–Trinajstić information content (AvgIpc) is 2.15. The lowest BCUT2D eigenvalue weighted by atomic mass is 10.2. The molecule has 1 rings (SSSR count). The van der Waals surface area contributed by atoms with Gasteiger partial charge in [-0.2, -0.15) is 13.2 Å². The van der Waals surface area contributed by atoms with Gasteiger partial charge in [-0.05, 0) is 12.1 Å². The van der Waals surface area contributed by atoms with Crippen LogP contribution in [0.15, 0.2) is 18.3 Å². The van der Waals surface area contributed by atoms with Crippen LogP contribution in [0.5, 0.6) is 0 Å². The second kappa shape index (κ2) is 3.50. The first-order valence-corrected chi connectivity index (χ1v) is 3.49. The molecule has 0 saturated carbocycles. The largest absolute Gasteiger partial charge is 0.456 e. The Hall–Kier alpha value is -1.83. The van der Waals surface area contributed by atoms with Gasteiger partial charge in [0.25, 0.3) is 5.78 Å². The number of hydrogen-bond donors (Lipinski definition) is 0. The van der Waals surface area contributed by atoms with Gasteiger partial charge in [-0.15, -0.1) is 6.42 Å². The normalized spacial score (nSPS) is 10.7. The van der Waals surface area contributed by atoms with Crippen molar-refractivity contribution >= 4 is 5.78 Å². The fraction of sp³-hybridized carbons (Fsp3) is 0.111. The standard InChI is InChI=1S/C9H4F3NO/c1-2-6-3-4-7(13-5-6)8(14)9(10,11)12/h1,3-5H.